The Morgan fingerprint density at radius 2 is 2.00 bits per heavy atom. The number of rotatable bonds is 2. The van der Waals surface area contributed by atoms with Crippen molar-refractivity contribution in [3.05, 3.63) is 55.9 Å². The lowest BCUT2D eigenvalue weighted by atomic mass is 10.1. The monoisotopic (exact) mass is 334 g/mol. The lowest BCUT2D eigenvalue weighted by molar-refractivity contribution is 0.101. The van der Waals surface area contributed by atoms with Gasteiger partial charge < -0.3 is 4.42 Å². The first kappa shape index (κ1) is 12.6. The molecule has 2 aromatic heterocycles. The first-order valence-corrected chi connectivity index (χ1v) is 7.47. The summed E-state index contributed by atoms with van der Waals surface area (Å²) in [6.45, 7) is 3.96. The Kier molecular flexibility index (Phi) is 3.07. The Bertz CT molecular complexity index is 783. The predicted octanol–water partition coefficient (Wildman–Crippen LogP) is 5.10. The van der Waals surface area contributed by atoms with Gasteiger partial charge in [0.05, 0.1) is 8.66 Å². The summed E-state index contributed by atoms with van der Waals surface area (Å²) < 4.78 is 6.67. The number of ketones is 1. The molecule has 0 aliphatic heterocycles. The summed E-state index contributed by atoms with van der Waals surface area (Å²) in [4.78, 5) is 13.1. The Morgan fingerprint density at radius 1 is 1.21 bits per heavy atom. The summed E-state index contributed by atoms with van der Waals surface area (Å²) in [5.74, 6) is 0.386. The zero-order chi connectivity index (χ0) is 13.6. The third-order valence-corrected chi connectivity index (χ3v) is 4.72. The summed E-state index contributed by atoms with van der Waals surface area (Å²) in [7, 11) is 0. The van der Waals surface area contributed by atoms with E-state index in [-0.39, 0.29) is 5.78 Å². The van der Waals surface area contributed by atoms with Crippen LogP contribution in [0.5, 0.6) is 0 Å². The number of carbonyl (C=O) groups is 1. The fourth-order valence-corrected chi connectivity index (χ4v) is 3.42. The SMILES string of the molecule is Cc1ccc2oc(C(=O)c3ccc(Br)s3)c(C)c2c1. The highest BCUT2D eigenvalue weighted by Gasteiger charge is 2.20. The maximum atomic E-state index is 12.4. The van der Waals surface area contributed by atoms with Crippen molar-refractivity contribution < 1.29 is 9.21 Å². The first-order valence-electron chi connectivity index (χ1n) is 5.86. The van der Waals surface area contributed by atoms with Crippen LogP contribution in [0.3, 0.4) is 0 Å². The highest BCUT2D eigenvalue weighted by molar-refractivity contribution is 9.11. The number of furan rings is 1. The van der Waals surface area contributed by atoms with Crippen LogP contribution in [0.4, 0.5) is 0 Å². The van der Waals surface area contributed by atoms with Gasteiger partial charge in [-0.15, -0.1) is 11.3 Å². The maximum Gasteiger partial charge on any atom is 0.238 e. The summed E-state index contributed by atoms with van der Waals surface area (Å²) in [6, 6.07) is 9.64. The molecule has 0 bridgehead atoms. The van der Waals surface area contributed by atoms with Gasteiger partial charge in [-0.3, -0.25) is 4.79 Å². The molecule has 0 spiro atoms. The van der Waals surface area contributed by atoms with Crippen LogP contribution in [-0.2, 0) is 0 Å². The molecule has 1 aromatic carbocycles. The molecule has 0 saturated carbocycles. The van der Waals surface area contributed by atoms with Gasteiger partial charge in [-0.1, -0.05) is 11.6 Å². The number of carbonyl (C=O) groups excluding carboxylic acids is 1. The molecule has 0 fully saturated rings. The largest absolute Gasteiger partial charge is 0.452 e. The zero-order valence-electron chi connectivity index (χ0n) is 10.5. The molecule has 0 amide bonds. The van der Waals surface area contributed by atoms with E-state index in [4.69, 9.17) is 4.42 Å². The van der Waals surface area contributed by atoms with Gasteiger partial charge in [-0.25, -0.2) is 0 Å². The van der Waals surface area contributed by atoms with Crippen molar-refractivity contribution in [3.8, 4) is 0 Å². The zero-order valence-corrected chi connectivity index (χ0v) is 12.9. The van der Waals surface area contributed by atoms with Crippen molar-refractivity contribution in [2.75, 3.05) is 0 Å². The number of benzene rings is 1. The Labute approximate surface area is 123 Å². The molecule has 0 aliphatic rings. The van der Waals surface area contributed by atoms with Gasteiger partial charge in [0, 0.05) is 10.9 Å². The lowest BCUT2D eigenvalue weighted by Gasteiger charge is -1.94. The second-order valence-corrected chi connectivity index (χ2v) is 6.95. The summed E-state index contributed by atoms with van der Waals surface area (Å²) in [5.41, 5.74) is 2.84. The number of halogens is 1. The molecule has 2 heterocycles. The molecule has 0 saturated heterocycles. The predicted molar refractivity (Wildman–Crippen MR) is 81.1 cm³/mol. The quantitative estimate of drug-likeness (QED) is 0.610. The lowest BCUT2D eigenvalue weighted by Crippen LogP contribution is -1.98. The van der Waals surface area contributed by atoms with Crippen molar-refractivity contribution in [3.63, 3.8) is 0 Å². The fraction of sp³-hybridized carbons (Fsp3) is 0.133. The van der Waals surface area contributed by atoms with Crippen LogP contribution in [0.1, 0.15) is 26.6 Å². The summed E-state index contributed by atoms with van der Waals surface area (Å²) >= 11 is 4.79. The van der Waals surface area contributed by atoms with Crippen molar-refractivity contribution in [1.82, 2.24) is 0 Å². The van der Waals surface area contributed by atoms with Crippen molar-refractivity contribution in [1.29, 1.82) is 0 Å². The molecule has 0 aliphatic carbocycles. The topological polar surface area (TPSA) is 30.2 Å². The van der Waals surface area contributed by atoms with E-state index in [9.17, 15) is 4.79 Å². The van der Waals surface area contributed by atoms with Crippen LogP contribution >= 0.6 is 27.3 Å². The minimum atomic E-state index is -0.0537. The van der Waals surface area contributed by atoms with Gasteiger partial charge >= 0.3 is 0 Å². The van der Waals surface area contributed by atoms with Gasteiger partial charge in [0.2, 0.25) is 5.78 Å². The van der Waals surface area contributed by atoms with E-state index < -0.39 is 0 Å². The van der Waals surface area contributed by atoms with Gasteiger partial charge in [-0.2, -0.15) is 0 Å². The Morgan fingerprint density at radius 3 is 2.68 bits per heavy atom. The van der Waals surface area contributed by atoms with Gasteiger partial charge in [0.1, 0.15) is 5.58 Å². The molecular formula is C15H11BrO2S. The number of aryl methyl sites for hydroxylation is 2. The molecule has 3 aromatic rings. The van der Waals surface area contributed by atoms with Gasteiger partial charge in [0.25, 0.3) is 0 Å². The molecule has 3 rings (SSSR count). The molecule has 0 radical (unpaired) electrons. The normalized spacial score (nSPS) is 11.1. The number of hydrogen-bond donors (Lipinski definition) is 0. The summed E-state index contributed by atoms with van der Waals surface area (Å²) in [6.07, 6.45) is 0. The van der Waals surface area contributed by atoms with E-state index >= 15 is 0 Å². The van der Waals surface area contributed by atoms with E-state index in [0.29, 0.717) is 10.6 Å². The van der Waals surface area contributed by atoms with Crippen molar-refractivity contribution in [2.24, 2.45) is 0 Å². The smallest absolute Gasteiger partial charge is 0.238 e. The minimum absolute atomic E-state index is 0.0537. The molecule has 0 unspecified atom stereocenters. The third-order valence-electron chi connectivity index (χ3n) is 3.09. The summed E-state index contributed by atoms with van der Waals surface area (Å²) in [5, 5.41) is 1.01. The second kappa shape index (κ2) is 4.62. The molecule has 19 heavy (non-hydrogen) atoms. The van der Waals surface area contributed by atoms with Gasteiger partial charge in [0.15, 0.2) is 5.76 Å². The maximum absolute atomic E-state index is 12.4. The second-order valence-electron chi connectivity index (χ2n) is 4.49. The fourth-order valence-electron chi connectivity index (χ4n) is 2.10. The Balaban J connectivity index is 2.15. The average molecular weight is 335 g/mol. The number of hydrogen-bond acceptors (Lipinski definition) is 3. The molecule has 4 heteroatoms. The van der Waals surface area contributed by atoms with Crippen molar-refractivity contribution in [2.45, 2.75) is 13.8 Å². The average Bonchev–Trinajstić information content (AvgIpc) is 2.94. The van der Waals surface area contributed by atoms with E-state index in [0.717, 1.165) is 25.9 Å². The van der Waals surface area contributed by atoms with Crippen LogP contribution in [0.25, 0.3) is 11.0 Å². The minimum Gasteiger partial charge on any atom is -0.452 e. The van der Waals surface area contributed by atoms with Crippen LogP contribution in [0.2, 0.25) is 0 Å². The highest BCUT2D eigenvalue weighted by atomic mass is 79.9. The van der Waals surface area contributed by atoms with Crippen LogP contribution in [0.15, 0.2) is 38.5 Å². The van der Waals surface area contributed by atoms with E-state index in [2.05, 4.69) is 22.0 Å². The molecule has 0 N–H and O–H groups in total. The van der Waals surface area contributed by atoms with E-state index in [1.54, 1.807) is 0 Å². The number of thiophene rings is 1. The van der Waals surface area contributed by atoms with Crippen LogP contribution in [-0.4, -0.2) is 5.78 Å². The van der Waals surface area contributed by atoms with E-state index in [1.807, 2.05) is 38.1 Å². The standard InChI is InChI=1S/C15H11BrO2S/c1-8-3-4-11-10(7-8)9(2)15(18-11)14(17)12-5-6-13(16)19-12/h3-7H,1-2H3. The molecule has 2 nitrogen and oxygen atoms in total. The van der Waals surface area contributed by atoms with Crippen LogP contribution < -0.4 is 0 Å². The molecular weight excluding hydrogens is 324 g/mol. The first-order chi connectivity index (χ1) is 9.06. The van der Waals surface area contributed by atoms with Crippen molar-refractivity contribution >= 4 is 44.0 Å². The third kappa shape index (κ3) is 2.15. The highest BCUT2D eigenvalue weighted by Crippen LogP contribution is 2.30. The molecule has 0 atom stereocenters. The number of fused-ring (bicyclic) bond motifs is 1. The van der Waals surface area contributed by atoms with Gasteiger partial charge in [-0.05, 0) is 54.0 Å². The Hall–Kier alpha value is -1.39. The molecule has 96 valence electrons. The van der Waals surface area contributed by atoms with E-state index in [1.165, 1.54) is 11.3 Å². The van der Waals surface area contributed by atoms with Crippen LogP contribution in [0, 0.1) is 13.8 Å².